The van der Waals surface area contributed by atoms with Gasteiger partial charge >= 0.3 is 0 Å². The van der Waals surface area contributed by atoms with Crippen LogP contribution in [0.5, 0.6) is 0 Å². The SMILES string of the molecule is CCc1nc(NC2CCC(CC)C2C)cc(=O)[nH]1. The molecule has 0 bridgehead atoms. The third kappa shape index (κ3) is 2.74. The second-order valence-electron chi connectivity index (χ2n) is 5.29. The number of nitrogens with one attached hydrogen (secondary N) is 2. The molecule has 0 aromatic carbocycles. The van der Waals surface area contributed by atoms with Crippen molar-refractivity contribution in [1.29, 1.82) is 0 Å². The highest BCUT2D eigenvalue weighted by Crippen LogP contribution is 2.35. The Labute approximate surface area is 108 Å². The molecule has 0 aliphatic heterocycles. The van der Waals surface area contributed by atoms with Crippen LogP contribution in [0.3, 0.4) is 0 Å². The zero-order chi connectivity index (χ0) is 13.1. The zero-order valence-electron chi connectivity index (χ0n) is 11.5. The molecule has 18 heavy (non-hydrogen) atoms. The van der Waals surface area contributed by atoms with Crippen molar-refractivity contribution in [1.82, 2.24) is 9.97 Å². The summed E-state index contributed by atoms with van der Waals surface area (Å²) in [4.78, 5) is 18.7. The largest absolute Gasteiger partial charge is 0.367 e. The third-order valence-corrected chi connectivity index (χ3v) is 4.21. The Bertz CT molecular complexity index is 455. The van der Waals surface area contributed by atoms with Crippen LogP contribution in [0.15, 0.2) is 10.9 Å². The lowest BCUT2D eigenvalue weighted by molar-refractivity contribution is 0.391. The molecule has 1 aliphatic rings. The second kappa shape index (κ2) is 5.55. The predicted molar refractivity (Wildman–Crippen MR) is 73.8 cm³/mol. The van der Waals surface area contributed by atoms with Gasteiger partial charge in [-0.15, -0.1) is 0 Å². The number of aryl methyl sites for hydroxylation is 1. The zero-order valence-corrected chi connectivity index (χ0v) is 11.5. The molecule has 1 aromatic heterocycles. The summed E-state index contributed by atoms with van der Waals surface area (Å²) in [6.07, 6.45) is 4.44. The maximum Gasteiger partial charge on any atom is 0.252 e. The molecular formula is C14H23N3O. The van der Waals surface area contributed by atoms with Crippen molar-refractivity contribution in [2.24, 2.45) is 11.8 Å². The molecule has 0 saturated heterocycles. The average molecular weight is 249 g/mol. The lowest BCUT2D eigenvalue weighted by atomic mass is 9.93. The van der Waals surface area contributed by atoms with Gasteiger partial charge in [0.05, 0.1) is 0 Å². The van der Waals surface area contributed by atoms with E-state index in [1.165, 1.54) is 19.3 Å². The van der Waals surface area contributed by atoms with Crippen LogP contribution in [0.1, 0.15) is 45.9 Å². The summed E-state index contributed by atoms with van der Waals surface area (Å²) in [6, 6.07) is 2.01. The number of anilines is 1. The van der Waals surface area contributed by atoms with Crippen molar-refractivity contribution in [3.8, 4) is 0 Å². The summed E-state index contributed by atoms with van der Waals surface area (Å²) >= 11 is 0. The Morgan fingerprint density at radius 2 is 2.22 bits per heavy atom. The minimum atomic E-state index is -0.0676. The molecule has 0 spiro atoms. The minimum Gasteiger partial charge on any atom is -0.367 e. The lowest BCUT2D eigenvalue weighted by Crippen LogP contribution is -2.26. The van der Waals surface area contributed by atoms with E-state index in [2.05, 4.69) is 29.1 Å². The van der Waals surface area contributed by atoms with Crippen LogP contribution in [0.25, 0.3) is 0 Å². The molecule has 2 N–H and O–H groups in total. The quantitative estimate of drug-likeness (QED) is 0.862. The summed E-state index contributed by atoms with van der Waals surface area (Å²) in [5, 5.41) is 3.44. The molecule has 1 heterocycles. The van der Waals surface area contributed by atoms with Gasteiger partial charge in [0.15, 0.2) is 0 Å². The molecule has 4 nitrogen and oxygen atoms in total. The molecule has 0 amide bonds. The molecule has 3 atom stereocenters. The lowest BCUT2D eigenvalue weighted by Gasteiger charge is -2.21. The standard InChI is InChI=1S/C14H23N3O/c1-4-10-6-7-11(9(10)3)15-13-8-14(18)17-12(5-2)16-13/h8-11H,4-7H2,1-3H3,(H2,15,16,17,18). The average Bonchev–Trinajstić information content (AvgIpc) is 2.70. The number of rotatable bonds is 4. The van der Waals surface area contributed by atoms with Gasteiger partial charge in [0, 0.05) is 18.5 Å². The molecule has 3 unspecified atom stereocenters. The summed E-state index contributed by atoms with van der Waals surface area (Å²) in [6.45, 7) is 6.55. The molecule has 1 fully saturated rings. The maximum absolute atomic E-state index is 11.5. The minimum absolute atomic E-state index is 0.0676. The molecule has 100 valence electrons. The number of hydrogen-bond donors (Lipinski definition) is 2. The van der Waals surface area contributed by atoms with Crippen molar-refractivity contribution < 1.29 is 0 Å². The molecule has 1 aromatic rings. The first-order valence-electron chi connectivity index (χ1n) is 7.00. The Morgan fingerprint density at radius 1 is 1.44 bits per heavy atom. The molecule has 2 rings (SSSR count). The van der Waals surface area contributed by atoms with E-state index in [4.69, 9.17) is 0 Å². The predicted octanol–water partition coefficient (Wildman–Crippen LogP) is 2.57. The third-order valence-electron chi connectivity index (χ3n) is 4.21. The van der Waals surface area contributed by atoms with E-state index >= 15 is 0 Å². The van der Waals surface area contributed by atoms with Crippen LogP contribution >= 0.6 is 0 Å². The highest BCUT2D eigenvalue weighted by atomic mass is 16.1. The van der Waals surface area contributed by atoms with Crippen LogP contribution in [-0.4, -0.2) is 16.0 Å². The number of nitrogens with zero attached hydrogens (tertiary/aromatic N) is 1. The van der Waals surface area contributed by atoms with Gasteiger partial charge in [-0.2, -0.15) is 0 Å². The van der Waals surface area contributed by atoms with Crippen LogP contribution in [0.4, 0.5) is 5.82 Å². The van der Waals surface area contributed by atoms with E-state index < -0.39 is 0 Å². The Kier molecular flexibility index (Phi) is 4.04. The van der Waals surface area contributed by atoms with Gasteiger partial charge in [0.1, 0.15) is 11.6 Å². The number of H-pyrrole nitrogens is 1. The fourth-order valence-corrected chi connectivity index (χ4v) is 2.97. The van der Waals surface area contributed by atoms with Gasteiger partial charge < -0.3 is 10.3 Å². The summed E-state index contributed by atoms with van der Waals surface area (Å²) in [5.41, 5.74) is -0.0676. The Morgan fingerprint density at radius 3 is 2.83 bits per heavy atom. The van der Waals surface area contributed by atoms with E-state index in [-0.39, 0.29) is 5.56 Å². The number of hydrogen-bond acceptors (Lipinski definition) is 3. The summed E-state index contributed by atoms with van der Waals surface area (Å²) in [5.74, 6) is 2.93. The first-order chi connectivity index (χ1) is 8.63. The van der Waals surface area contributed by atoms with Gasteiger partial charge in [-0.05, 0) is 24.7 Å². The Hall–Kier alpha value is -1.32. The van der Waals surface area contributed by atoms with Crippen LogP contribution in [0, 0.1) is 11.8 Å². The Balaban J connectivity index is 2.10. The van der Waals surface area contributed by atoms with Crippen molar-refractivity contribution in [3.63, 3.8) is 0 Å². The van der Waals surface area contributed by atoms with Gasteiger partial charge in [-0.25, -0.2) is 4.98 Å². The number of aromatic nitrogens is 2. The van der Waals surface area contributed by atoms with Crippen molar-refractivity contribution >= 4 is 5.82 Å². The second-order valence-corrected chi connectivity index (χ2v) is 5.29. The number of aromatic amines is 1. The summed E-state index contributed by atoms with van der Waals surface area (Å²) < 4.78 is 0. The molecule has 1 saturated carbocycles. The monoisotopic (exact) mass is 249 g/mol. The first-order valence-corrected chi connectivity index (χ1v) is 7.00. The first kappa shape index (κ1) is 13.1. The maximum atomic E-state index is 11.5. The van der Waals surface area contributed by atoms with Crippen molar-refractivity contribution in [2.75, 3.05) is 5.32 Å². The molecule has 1 aliphatic carbocycles. The highest BCUT2D eigenvalue weighted by Gasteiger charge is 2.31. The smallest absolute Gasteiger partial charge is 0.252 e. The molecular weight excluding hydrogens is 226 g/mol. The van der Waals surface area contributed by atoms with Crippen molar-refractivity contribution in [2.45, 2.75) is 52.5 Å². The highest BCUT2D eigenvalue weighted by molar-refractivity contribution is 5.35. The molecule has 0 radical (unpaired) electrons. The fourth-order valence-electron chi connectivity index (χ4n) is 2.97. The van der Waals surface area contributed by atoms with E-state index in [0.717, 1.165) is 24.0 Å². The molecule has 4 heteroatoms. The van der Waals surface area contributed by atoms with Gasteiger partial charge in [0.2, 0.25) is 0 Å². The van der Waals surface area contributed by atoms with Crippen LogP contribution in [-0.2, 0) is 6.42 Å². The van der Waals surface area contributed by atoms with E-state index in [0.29, 0.717) is 12.0 Å². The normalized spacial score (nSPS) is 27.4. The van der Waals surface area contributed by atoms with Crippen LogP contribution < -0.4 is 10.9 Å². The van der Waals surface area contributed by atoms with Crippen molar-refractivity contribution in [3.05, 3.63) is 22.2 Å². The summed E-state index contributed by atoms with van der Waals surface area (Å²) in [7, 11) is 0. The van der Waals surface area contributed by atoms with Crippen LogP contribution in [0.2, 0.25) is 0 Å². The van der Waals surface area contributed by atoms with E-state index in [1.54, 1.807) is 6.07 Å². The van der Waals surface area contributed by atoms with E-state index in [9.17, 15) is 4.79 Å². The van der Waals surface area contributed by atoms with Gasteiger partial charge in [0.25, 0.3) is 5.56 Å². The van der Waals surface area contributed by atoms with Gasteiger partial charge in [-0.3, -0.25) is 4.79 Å². The topological polar surface area (TPSA) is 57.8 Å². The fraction of sp³-hybridized carbons (Fsp3) is 0.714. The van der Waals surface area contributed by atoms with Gasteiger partial charge in [-0.1, -0.05) is 27.2 Å². The van der Waals surface area contributed by atoms with E-state index in [1.807, 2.05) is 6.92 Å².